The molecule has 0 saturated heterocycles. The maximum Gasteiger partial charge on any atom is 0.343 e. The van der Waals surface area contributed by atoms with Gasteiger partial charge in [0.25, 0.3) is 5.56 Å². The first-order valence-electron chi connectivity index (χ1n) is 12.3. The molecule has 2 atom stereocenters. The number of fused-ring (bicyclic) bond motifs is 5. The lowest BCUT2D eigenvalue weighted by atomic mass is 9.76. The molecule has 0 fully saturated rings. The number of esters is 1. The number of carbonyl (C=O) groups excluding carboxylic acids is 1. The van der Waals surface area contributed by atoms with Crippen LogP contribution in [0.2, 0.25) is 0 Å². The van der Waals surface area contributed by atoms with Crippen LogP contribution in [0.25, 0.3) is 22.3 Å². The normalized spacial score (nSPS) is 22.1. The van der Waals surface area contributed by atoms with E-state index < -0.39 is 11.6 Å². The maximum absolute atomic E-state index is 14.9. The van der Waals surface area contributed by atoms with Crippen LogP contribution in [0.1, 0.15) is 71.9 Å². The third-order valence-electron chi connectivity index (χ3n) is 8.25. The lowest BCUT2D eigenvalue weighted by molar-refractivity contribution is -0.172. The zero-order chi connectivity index (χ0) is 24.6. The molecule has 182 valence electrons. The van der Waals surface area contributed by atoms with Gasteiger partial charge in [-0.1, -0.05) is 6.92 Å². The van der Waals surface area contributed by atoms with Crippen LogP contribution in [-0.2, 0) is 34.7 Å². The van der Waals surface area contributed by atoms with Gasteiger partial charge in [-0.2, -0.15) is 0 Å². The second kappa shape index (κ2) is 7.70. The Kier molecular flexibility index (Phi) is 4.92. The van der Waals surface area contributed by atoms with Gasteiger partial charge >= 0.3 is 5.97 Å². The Morgan fingerprint density at radius 2 is 2.09 bits per heavy atom. The summed E-state index contributed by atoms with van der Waals surface area (Å²) in [5.74, 6) is -0.789. The summed E-state index contributed by atoms with van der Waals surface area (Å²) in [6, 6.07) is 3.20. The van der Waals surface area contributed by atoms with Crippen molar-refractivity contribution in [2.24, 2.45) is 5.73 Å². The van der Waals surface area contributed by atoms with Crippen LogP contribution in [0.3, 0.4) is 0 Å². The van der Waals surface area contributed by atoms with E-state index in [1.807, 2.05) is 6.92 Å². The van der Waals surface area contributed by atoms with Crippen LogP contribution in [0.5, 0.6) is 0 Å². The summed E-state index contributed by atoms with van der Waals surface area (Å²) in [7, 11) is 0. The van der Waals surface area contributed by atoms with Crippen molar-refractivity contribution in [2.75, 3.05) is 6.54 Å². The SMILES string of the molecule is CC[C@@]1(O)C(=O)OCc2c1cc1n(c2=O)Cc2c-1nc1cc(F)c(C)c3c1c2C(CCCN)CC3. The molecule has 3 aromatic rings. The molecule has 1 unspecified atom stereocenters. The average molecular weight is 478 g/mol. The lowest BCUT2D eigenvalue weighted by Gasteiger charge is -2.31. The minimum absolute atomic E-state index is 0.0833. The highest BCUT2D eigenvalue weighted by molar-refractivity contribution is 5.93. The number of cyclic esters (lactones) is 1. The van der Waals surface area contributed by atoms with Gasteiger partial charge in [-0.25, -0.2) is 14.2 Å². The summed E-state index contributed by atoms with van der Waals surface area (Å²) in [6.45, 7) is 4.28. The minimum Gasteiger partial charge on any atom is -0.458 e. The van der Waals surface area contributed by atoms with Gasteiger partial charge in [0.1, 0.15) is 12.4 Å². The molecule has 0 spiro atoms. The van der Waals surface area contributed by atoms with Gasteiger partial charge in [0.15, 0.2) is 5.60 Å². The van der Waals surface area contributed by atoms with Crippen molar-refractivity contribution >= 4 is 16.9 Å². The van der Waals surface area contributed by atoms with Crippen LogP contribution in [0.4, 0.5) is 4.39 Å². The second-order valence-electron chi connectivity index (χ2n) is 9.98. The molecule has 2 aromatic heterocycles. The summed E-state index contributed by atoms with van der Waals surface area (Å²) >= 11 is 0. The molecule has 1 aromatic carbocycles. The van der Waals surface area contributed by atoms with E-state index in [0.717, 1.165) is 47.8 Å². The molecular formula is C27H28FN3O4. The van der Waals surface area contributed by atoms with Gasteiger partial charge in [-0.15, -0.1) is 0 Å². The predicted molar refractivity (Wildman–Crippen MR) is 129 cm³/mol. The molecule has 35 heavy (non-hydrogen) atoms. The first-order chi connectivity index (χ1) is 16.8. The molecular weight excluding hydrogens is 449 g/mol. The molecule has 3 N–H and O–H groups in total. The fraction of sp³-hybridized carbons (Fsp3) is 0.444. The van der Waals surface area contributed by atoms with Crippen LogP contribution in [0.15, 0.2) is 16.9 Å². The van der Waals surface area contributed by atoms with Gasteiger partial charge in [0, 0.05) is 22.6 Å². The number of aliphatic hydroxyl groups is 1. The number of halogens is 1. The fourth-order valence-corrected chi connectivity index (χ4v) is 6.30. The van der Waals surface area contributed by atoms with Crippen molar-refractivity contribution in [2.45, 2.75) is 70.6 Å². The number of aryl methyl sites for hydroxylation is 1. The number of benzene rings is 1. The Morgan fingerprint density at radius 1 is 1.29 bits per heavy atom. The van der Waals surface area contributed by atoms with Gasteiger partial charge < -0.3 is 20.1 Å². The van der Waals surface area contributed by atoms with Gasteiger partial charge in [-0.05, 0) is 74.2 Å². The number of aromatic nitrogens is 2. The van der Waals surface area contributed by atoms with E-state index in [-0.39, 0.29) is 35.9 Å². The van der Waals surface area contributed by atoms with Crippen LogP contribution < -0.4 is 11.3 Å². The molecule has 0 radical (unpaired) electrons. The second-order valence-corrected chi connectivity index (χ2v) is 9.98. The summed E-state index contributed by atoms with van der Waals surface area (Å²) in [5.41, 5.74) is 9.77. The third kappa shape index (κ3) is 2.93. The van der Waals surface area contributed by atoms with Crippen molar-refractivity contribution < 1.29 is 19.0 Å². The number of nitrogens with two attached hydrogens (primary N) is 1. The van der Waals surface area contributed by atoms with Crippen molar-refractivity contribution in [3.05, 3.63) is 61.7 Å². The molecule has 0 bridgehead atoms. The molecule has 1 aliphatic carbocycles. The number of pyridine rings is 2. The van der Waals surface area contributed by atoms with E-state index >= 15 is 0 Å². The molecule has 3 aliphatic rings. The Morgan fingerprint density at radius 3 is 2.83 bits per heavy atom. The topological polar surface area (TPSA) is 107 Å². The van der Waals surface area contributed by atoms with E-state index in [1.54, 1.807) is 17.6 Å². The molecule has 0 saturated carbocycles. The molecule has 8 heteroatoms. The van der Waals surface area contributed by atoms with Crippen molar-refractivity contribution in [3.63, 3.8) is 0 Å². The molecule has 6 rings (SSSR count). The summed E-state index contributed by atoms with van der Waals surface area (Å²) in [5, 5.41) is 12.1. The van der Waals surface area contributed by atoms with E-state index in [4.69, 9.17) is 15.5 Å². The summed E-state index contributed by atoms with van der Waals surface area (Å²) in [6.07, 6.45) is 3.55. The highest BCUT2D eigenvalue weighted by Crippen LogP contribution is 2.47. The van der Waals surface area contributed by atoms with Crippen LogP contribution >= 0.6 is 0 Å². The highest BCUT2D eigenvalue weighted by atomic mass is 19.1. The first kappa shape index (κ1) is 22.4. The van der Waals surface area contributed by atoms with Crippen LogP contribution in [-0.4, -0.2) is 27.2 Å². The van der Waals surface area contributed by atoms with Crippen LogP contribution in [0, 0.1) is 12.7 Å². The highest BCUT2D eigenvalue weighted by Gasteiger charge is 2.45. The Bertz CT molecular complexity index is 1490. The van der Waals surface area contributed by atoms with E-state index in [2.05, 4.69) is 0 Å². The van der Waals surface area contributed by atoms with E-state index in [9.17, 15) is 19.1 Å². The van der Waals surface area contributed by atoms with E-state index in [0.29, 0.717) is 41.1 Å². The van der Waals surface area contributed by atoms with Crippen molar-refractivity contribution in [3.8, 4) is 11.4 Å². The number of ether oxygens (including phenoxy) is 1. The van der Waals surface area contributed by atoms with Gasteiger partial charge in [-0.3, -0.25) is 4.79 Å². The smallest absolute Gasteiger partial charge is 0.343 e. The largest absolute Gasteiger partial charge is 0.458 e. The number of nitrogens with zero attached hydrogens (tertiary/aromatic N) is 2. The summed E-state index contributed by atoms with van der Waals surface area (Å²) < 4.78 is 21.7. The maximum atomic E-state index is 14.9. The molecule has 7 nitrogen and oxygen atoms in total. The van der Waals surface area contributed by atoms with Gasteiger partial charge in [0.05, 0.1) is 29.0 Å². The Labute approximate surface area is 201 Å². The Hall–Kier alpha value is -3.10. The first-order valence-corrected chi connectivity index (χ1v) is 12.3. The van der Waals surface area contributed by atoms with Gasteiger partial charge in [0.2, 0.25) is 0 Å². The number of carbonyl (C=O) groups is 1. The van der Waals surface area contributed by atoms with E-state index in [1.165, 1.54) is 6.07 Å². The fourth-order valence-electron chi connectivity index (χ4n) is 6.30. The lowest BCUT2D eigenvalue weighted by Crippen LogP contribution is -2.44. The van der Waals surface area contributed by atoms with Crippen molar-refractivity contribution in [1.82, 2.24) is 9.55 Å². The third-order valence-corrected chi connectivity index (χ3v) is 8.25. The molecule has 2 aliphatic heterocycles. The predicted octanol–water partition coefficient (Wildman–Crippen LogP) is 3.30. The standard InChI is InChI=1S/C27H28FN3O4/c1-3-27(34)18-9-21-24-16(11-31(21)25(32)17(18)12-35-26(27)33)22-14(5-4-8-29)6-7-15-13(2)19(28)10-20(30-24)23(15)22/h9-10,14,34H,3-8,11-12,29H2,1-2H3/t14?,27-/m0/s1. The molecule has 0 amide bonds. The quantitative estimate of drug-likeness (QED) is 0.437. The number of rotatable bonds is 4. The monoisotopic (exact) mass is 477 g/mol. The average Bonchev–Trinajstić information content (AvgIpc) is 3.22. The number of hydrogen-bond acceptors (Lipinski definition) is 6. The zero-order valence-electron chi connectivity index (χ0n) is 19.9. The zero-order valence-corrected chi connectivity index (χ0v) is 19.9. The summed E-state index contributed by atoms with van der Waals surface area (Å²) in [4.78, 5) is 30.9. The minimum atomic E-state index is -1.88. The molecule has 4 heterocycles. The van der Waals surface area contributed by atoms with Crippen molar-refractivity contribution in [1.29, 1.82) is 0 Å². The number of hydrogen-bond donors (Lipinski definition) is 2. The Balaban J connectivity index is 1.66.